The number of anilines is 1. The van der Waals surface area contributed by atoms with E-state index >= 15 is 4.39 Å². The highest BCUT2D eigenvalue weighted by atomic mass is 35.5. The van der Waals surface area contributed by atoms with E-state index in [4.69, 9.17) is 22.6 Å². The van der Waals surface area contributed by atoms with Crippen LogP contribution in [0.1, 0.15) is 48.9 Å². The average Bonchev–Trinajstić information content (AvgIpc) is 2.80. The van der Waals surface area contributed by atoms with Crippen LogP contribution < -0.4 is 15.8 Å². The molecular formula is C22H23ClF3N7O2S. The number of alkyl halides is 2. The fraction of sp³-hybridized carbons (Fsp3) is 0.409. The minimum atomic E-state index is -3.19. The maximum absolute atomic E-state index is 15.2. The van der Waals surface area contributed by atoms with E-state index in [9.17, 15) is 18.1 Å². The van der Waals surface area contributed by atoms with E-state index in [1.54, 1.807) is 13.8 Å². The Morgan fingerprint density at radius 2 is 2.08 bits per heavy atom. The smallest absolute Gasteiger partial charge is 0.276 e. The molecule has 14 heteroatoms. The predicted molar refractivity (Wildman–Crippen MR) is 131 cm³/mol. The van der Waals surface area contributed by atoms with Gasteiger partial charge in [0.2, 0.25) is 0 Å². The zero-order valence-corrected chi connectivity index (χ0v) is 21.0. The number of amides is 1. The van der Waals surface area contributed by atoms with Crippen LogP contribution in [0.3, 0.4) is 0 Å². The molecule has 192 valence electrons. The van der Waals surface area contributed by atoms with Gasteiger partial charge in [0.25, 0.3) is 11.8 Å². The molecule has 0 aliphatic carbocycles. The second-order valence-corrected chi connectivity index (χ2v) is 12.8. The summed E-state index contributed by atoms with van der Waals surface area (Å²) >= 11 is 6.04. The molecule has 1 amide bonds. The van der Waals surface area contributed by atoms with E-state index < -0.39 is 56.6 Å². The molecule has 0 bridgehead atoms. The summed E-state index contributed by atoms with van der Waals surface area (Å²) in [5.74, 6) is -5.03. The molecule has 36 heavy (non-hydrogen) atoms. The van der Waals surface area contributed by atoms with Gasteiger partial charge in [-0.1, -0.05) is 22.1 Å². The quantitative estimate of drug-likeness (QED) is 0.459. The first-order valence-corrected chi connectivity index (χ1v) is 12.7. The zero-order valence-electron chi connectivity index (χ0n) is 19.4. The first kappa shape index (κ1) is 26.2. The van der Waals surface area contributed by atoms with Crippen molar-refractivity contribution in [1.29, 1.82) is 5.26 Å². The van der Waals surface area contributed by atoms with Crippen LogP contribution >= 0.6 is 22.1 Å². The predicted octanol–water partition coefficient (Wildman–Crippen LogP) is 3.95. The Bertz CT molecular complexity index is 1340. The monoisotopic (exact) mass is 541 g/mol. The summed E-state index contributed by atoms with van der Waals surface area (Å²) < 4.78 is 57.3. The van der Waals surface area contributed by atoms with E-state index in [0.29, 0.717) is 0 Å². The number of nitrogens with zero attached hydrogens (tertiary/aromatic N) is 4. The van der Waals surface area contributed by atoms with Gasteiger partial charge in [-0.2, -0.15) is 5.26 Å². The Labute approximate surface area is 211 Å². The van der Waals surface area contributed by atoms with Gasteiger partial charge in [-0.15, -0.1) is 0 Å². The number of nitrogens with two attached hydrogens (primary N) is 1. The Hall–Kier alpha value is -2.92. The second kappa shape index (κ2) is 8.58. The molecule has 1 fully saturated rings. The normalized spacial score (nSPS) is 30.2. The highest BCUT2D eigenvalue weighted by Gasteiger charge is 2.64. The standard InChI is InChI=1S/C22H23ClF3N7O2S/c1-20(2)19(28)33-21(3,14-7-22(25,26)10-30-36(14,20)35)17-13(24)4-5-15(31-17)32-18(34)16-12(23)6-11(8-27)9-29-16/h4-6,9,14,30,35H,7,10H2,1-3H3,(H2,28,33)(H,31,32,34)/t14-,21+/m1/s1. The van der Waals surface area contributed by atoms with Crippen LogP contribution in [0, 0.1) is 17.1 Å². The molecule has 0 spiro atoms. The Morgan fingerprint density at radius 1 is 1.39 bits per heavy atom. The van der Waals surface area contributed by atoms with Crippen molar-refractivity contribution in [3.05, 3.63) is 52.2 Å². The van der Waals surface area contributed by atoms with Crippen LogP contribution in [-0.2, 0) is 5.54 Å². The lowest BCUT2D eigenvalue weighted by molar-refractivity contribution is -0.0148. The summed E-state index contributed by atoms with van der Waals surface area (Å²) in [6.07, 6.45) is 0.386. The number of nitrogens with one attached hydrogen (secondary N) is 2. The van der Waals surface area contributed by atoms with E-state index in [-0.39, 0.29) is 33.6 Å². The molecule has 0 aromatic carbocycles. The molecule has 4 rings (SSSR count). The highest BCUT2D eigenvalue weighted by Crippen LogP contribution is 2.67. The van der Waals surface area contributed by atoms with Gasteiger partial charge in [-0.25, -0.2) is 23.1 Å². The summed E-state index contributed by atoms with van der Waals surface area (Å²) in [6.45, 7) is 3.82. The van der Waals surface area contributed by atoms with Crippen LogP contribution in [0.4, 0.5) is 19.0 Å². The van der Waals surface area contributed by atoms with Gasteiger partial charge in [0.1, 0.15) is 40.5 Å². The van der Waals surface area contributed by atoms with E-state index in [0.717, 1.165) is 12.3 Å². The Morgan fingerprint density at radius 3 is 2.72 bits per heavy atom. The van der Waals surface area contributed by atoms with Gasteiger partial charge in [0.15, 0.2) is 0 Å². The average molecular weight is 542 g/mol. The molecule has 4 heterocycles. The van der Waals surface area contributed by atoms with Crippen molar-refractivity contribution >= 4 is 39.7 Å². The molecule has 9 nitrogen and oxygen atoms in total. The molecule has 2 aliphatic rings. The number of carbonyl (C=O) groups is 1. The molecule has 3 atom stereocenters. The molecular weight excluding hydrogens is 519 g/mol. The molecule has 2 aliphatic heterocycles. The van der Waals surface area contributed by atoms with Crippen molar-refractivity contribution in [2.75, 3.05) is 11.9 Å². The van der Waals surface area contributed by atoms with Crippen LogP contribution in [-0.4, -0.2) is 48.7 Å². The van der Waals surface area contributed by atoms with Crippen LogP contribution in [0.2, 0.25) is 5.02 Å². The van der Waals surface area contributed by atoms with Gasteiger partial charge in [0.05, 0.1) is 27.1 Å². The fourth-order valence-electron chi connectivity index (χ4n) is 4.38. The number of hydrogen-bond acceptors (Lipinski definition) is 8. The third kappa shape index (κ3) is 4.07. The van der Waals surface area contributed by atoms with E-state index in [1.165, 1.54) is 19.1 Å². The lowest BCUT2D eigenvalue weighted by Gasteiger charge is -2.61. The number of aliphatic imine (C=N–C) groups is 1. The zero-order chi connectivity index (χ0) is 26.7. The van der Waals surface area contributed by atoms with Gasteiger partial charge < -0.3 is 15.6 Å². The maximum atomic E-state index is 15.2. The van der Waals surface area contributed by atoms with Gasteiger partial charge in [-0.3, -0.25) is 14.5 Å². The lowest BCUT2D eigenvalue weighted by Crippen LogP contribution is -2.65. The number of carbonyl (C=O) groups excluding carboxylic acids is 1. The van der Waals surface area contributed by atoms with Crippen molar-refractivity contribution in [2.45, 2.75) is 48.7 Å². The van der Waals surface area contributed by atoms with Crippen molar-refractivity contribution < 1.29 is 22.5 Å². The largest absolute Gasteiger partial charge is 0.386 e. The first-order valence-electron chi connectivity index (χ1n) is 10.7. The maximum Gasteiger partial charge on any atom is 0.276 e. The van der Waals surface area contributed by atoms with Crippen LogP contribution in [0.15, 0.2) is 29.4 Å². The Kier molecular flexibility index (Phi) is 6.24. The van der Waals surface area contributed by atoms with Crippen molar-refractivity contribution in [3.63, 3.8) is 0 Å². The highest BCUT2D eigenvalue weighted by molar-refractivity contribution is 8.29. The summed E-state index contributed by atoms with van der Waals surface area (Å²) in [7, 11) is -3.08. The SMILES string of the molecule is CC1(C)C(N)=N[C@](C)(c2nc(NC(=O)c3ncc(C#N)cc3Cl)ccc2F)[C@H]2CC(F)(F)CNS21O. The third-order valence-electron chi connectivity index (χ3n) is 6.57. The van der Waals surface area contributed by atoms with Gasteiger partial charge in [-0.05, 0) is 39.0 Å². The number of pyridine rings is 2. The van der Waals surface area contributed by atoms with E-state index in [1.807, 2.05) is 6.07 Å². The summed E-state index contributed by atoms with van der Waals surface area (Å²) in [4.78, 5) is 25.2. The molecule has 1 saturated heterocycles. The lowest BCUT2D eigenvalue weighted by atomic mass is 9.88. The minimum Gasteiger partial charge on any atom is -0.386 e. The topological polar surface area (TPSA) is 149 Å². The van der Waals surface area contributed by atoms with Gasteiger partial charge in [0, 0.05) is 12.6 Å². The number of aromatic nitrogens is 2. The second-order valence-electron chi connectivity index (χ2n) is 9.30. The number of hydrogen-bond donors (Lipinski definition) is 4. The van der Waals surface area contributed by atoms with Crippen molar-refractivity contribution in [1.82, 2.24) is 14.7 Å². The number of nitriles is 1. The Balaban J connectivity index is 1.77. The van der Waals surface area contributed by atoms with Crippen LogP contribution in [0.25, 0.3) is 0 Å². The fourth-order valence-corrected chi connectivity index (χ4v) is 8.01. The molecule has 0 saturated carbocycles. The molecule has 2 aromatic heterocycles. The number of halogens is 4. The molecule has 1 unspecified atom stereocenters. The number of fused-ring (bicyclic) bond motifs is 1. The van der Waals surface area contributed by atoms with Crippen molar-refractivity contribution in [3.8, 4) is 6.07 Å². The molecule has 0 radical (unpaired) electrons. The van der Waals surface area contributed by atoms with Gasteiger partial charge >= 0.3 is 0 Å². The number of rotatable bonds is 3. The number of amidine groups is 1. The van der Waals surface area contributed by atoms with Crippen molar-refractivity contribution in [2.24, 2.45) is 10.7 Å². The molecule has 2 aromatic rings. The molecule has 5 N–H and O–H groups in total. The minimum absolute atomic E-state index is 0.0410. The van der Waals surface area contributed by atoms with E-state index in [2.05, 4.69) is 25.0 Å². The summed E-state index contributed by atoms with van der Waals surface area (Å²) in [6, 6.07) is 5.28. The summed E-state index contributed by atoms with van der Waals surface area (Å²) in [5, 5.41) is 10.0. The summed E-state index contributed by atoms with van der Waals surface area (Å²) in [5.41, 5.74) is 3.98. The third-order valence-corrected chi connectivity index (χ3v) is 10.7. The van der Waals surface area contributed by atoms with Crippen LogP contribution in [0.5, 0.6) is 0 Å². The first-order chi connectivity index (χ1) is 16.6.